The van der Waals surface area contributed by atoms with Crippen molar-refractivity contribution in [3.05, 3.63) is 29.1 Å². The molecule has 0 spiro atoms. The first-order valence-electron chi connectivity index (χ1n) is 6.65. The second-order valence-corrected chi connectivity index (χ2v) is 5.58. The molecule has 2 N–H and O–H groups in total. The van der Waals surface area contributed by atoms with Crippen LogP contribution in [0.5, 0.6) is 5.75 Å². The standard InChI is InChI=1S/C14H15ClF3NO2/c15-7-14(4-2-1-3-5-14)19-13(21)8-6-9(16)11(18)12(20)10(8)17/h6,20H,1-5,7H2,(H,19,21). The number of hydrogen-bond acceptors (Lipinski definition) is 2. The minimum atomic E-state index is -1.71. The summed E-state index contributed by atoms with van der Waals surface area (Å²) in [6, 6.07) is 0.435. The van der Waals surface area contributed by atoms with Crippen LogP contribution in [0.2, 0.25) is 0 Å². The van der Waals surface area contributed by atoms with Crippen LogP contribution in [0.4, 0.5) is 13.2 Å². The number of aromatic hydroxyl groups is 1. The summed E-state index contributed by atoms with van der Waals surface area (Å²) < 4.78 is 40.0. The van der Waals surface area contributed by atoms with Gasteiger partial charge in [0.05, 0.1) is 11.1 Å². The largest absolute Gasteiger partial charge is 0.503 e. The number of hydrogen-bond donors (Lipinski definition) is 2. The van der Waals surface area contributed by atoms with E-state index in [-0.39, 0.29) is 5.88 Å². The maximum atomic E-state index is 13.7. The highest BCUT2D eigenvalue weighted by Gasteiger charge is 2.34. The van der Waals surface area contributed by atoms with E-state index in [0.717, 1.165) is 19.3 Å². The number of carbonyl (C=O) groups is 1. The molecule has 0 unspecified atom stereocenters. The van der Waals surface area contributed by atoms with Crippen molar-refractivity contribution in [1.82, 2.24) is 5.32 Å². The maximum absolute atomic E-state index is 13.7. The Labute approximate surface area is 125 Å². The molecule has 0 atom stereocenters. The van der Waals surface area contributed by atoms with Crippen LogP contribution in [0.1, 0.15) is 42.5 Å². The molecular formula is C14H15ClF3NO2. The Morgan fingerprint density at radius 1 is 1.24 bits per heavy atom. The Morgan fingerprint density at radius 2 is 1.86 bits per heavy atom. The highest BCUT2D eigenvalue weighted by molar-refractivity contribution is 6.19. The second-order valence-electron chi connectivity index (χ2n) is 5.31. The number of amides is 1. The third-order valence-corrected chi connectivity index (χ3v) is 4.33. The predicted molar refractivity (Wildman–Crippen MR) is 72.0 cm³/mol. The molecule has 1 aliphatic carbocycles. The first kappa shape index (κ1) is 15.9. The summed E-state index contributed by atoms with van der Waals surface area (Å²) in [5.41, 5.74) is -1.41. The number of rotatable bonds is 3. The summed E-state index contributed by atoms with van der Waals surface area (Å²) in [5, 5.41) is 11.8. The van der Waals surface area contributed by atoms with Crippen molar-refractivity contribution in [3.63, 3.8) is 0 Å². The van der Waals surface area contributed by atoms with Gasteiger partial charge >= 0.3 is 0 Å². The van der Waals surface area contributed by atoms with Crippen LogP contribution in [0.3, 0.4) is 0 Å². The fraction of sp³-hybridized carbons (Fsp3) is 0.500. The molecule has 0 aromatic heterocycles. The molecule has 1 aromatic carbocycles. The quantitative estimate of drug-likeness (QED) is 0.661. The molecule has 0 heterocycles. The van der Waals surface area contributed by atoms with Crippen molar-refractivity contribution in [3.8, 4) is 5.75 Å². The van der Waals surface area contributed by atoms with Crippen LogP contribution in [-0.2, 0) is 0 Å². The number of halogens is 4. The Balaban J connectivity index is 2.28. The fourth-order valence-electron chi connectivity index (χ4n) is 2.58. The summed E-state index contributed by atoms with van der Waals surface area (Å²) in [6.45, 7) is 0. The zero-order chi connectivity index (χ0) is 15.6. The van der Waals surface area contributed by atoms with E-state index in [0.29, 0.717) is 18.9 Å². The molecule has 0 aliphatic heterocycles. The van der Waals surface area contributed by atoms with Gasteiger partial charge in [-0.1, -0.05) is 19.3 Å². The summed E-state index contributed by atoms with van der Waals surface area (Å²) in [5.74, 6) is -6.94. The van der Waals surface area contributed by atoms with Gasteiger partial charge in [0, 0.05) is 5.88 Å². The monoisotopic (exact) mass is 321 g/mol. The van der Waals surface area contributed by atoms with Crippen LogP contribution >= 0.6 is 11.6 Å². The topological polar surface area (TPSA) is 49.3 Å². The second kappa shape index (κ2) is 6.13. The summed E-state index contributed by atoms with van der Waals surface area (Å²) in [6.07, 6.45) is 4.05. The average Bonchev–Trinajstić information content (AvgIpc) is 2.49. The zero-order valence-electron chi connectivity index (χ0n) is 11.2. The van der Waals surface area contributed by atoms with Crippen LogP contribution in [0.15, 0.2) is 6.07 Å². The maximum Gasteiger partial charge on any atom is 0.254 e. The Bertz CT molecular complexity index is 560. The molecule has 21 heavy (non-hydrogen) atoms. The highest BCUT2D eigenvalue weighted by atomic mass is 35.5. The molecule has 1 aromatic rings. The van der Waals surface area contributed by atoms with Gasteiger partial charge in [0.2, 0.25) is 5.82 Å². The minimum Gasteiger partial charge on any atom is -0.503 e. The molecule has 7 heteroatoms. The van der Waals surface area contributed by atoms with E-state index < -0.39 is 40.2 Å². The molecule has 1 saturated carbocycles. The van der Waals surface area contributed by atoms with Crippen molar-refractivity contribution in [2.45, 2.75) is 37.6 Å². The van der Waals surface area contributed by atoms with E-state index in [9.17, 15) is 18.0 Å². The van der Waals surface area contributed by atoms with Gasteiger partial charge < -0.3 is 10.4 Å². The van der Waals surface area contributed by atoms with Crippen molar-refractivity contribution in [1.29, 1.82) is 0 Å². The number of alkyl halides is 1. The van der Waals surface area contributed by atoms with Gasteiger partial charge in [-0.25, -0.2) is 8.78 Å². The number of carbonyl (C=O) groups excluding carboxylic acids is 1. The van der Waals surface area contributed by atoms with Gasteiger partial charge in [0.15, 0.2) is 17.4 Å². The molecule has 1 aliphatic rings. The molecule has 2 rings (SSSR count). The lowest BCUT2D eigenvalue weighted by molar-refractivity contribution is 0.0879. The Hall–Kier alpha value is -1.43. The lowest BCUT2D eigenvalue weighted by Crippen LogP contribution is -2.51. The molecule has 1 fully saturated rings. The van der Waals surface area contributed by atoms with Gasteiger partial charge in [-0.05, 0) is 18.9 Å². The van der Waals surface area contributed by atoms with E-state index in [4.69, 9.17) is 16.7 Å². The smallest absolute Gasteiger partial charge is 0.254 e. The van der Waals surface area contributed by atoms with E-state index in [1.165, 1.54) is 0 Å². The molecule has 116 valence electrons. The summed E-state index contributed by atoms with van der Waals surface area (Å²) in [7, 11) is 0. The normalized spacial score (nSPS) is 17.5. The van der Waals surface area contributed by atoms with Gasteiger partial charge in [0.1, 0.15) is 0 Å². The number of phenols is 1. The fourth-order valence-corrected chi connectivity index (χ4v) is 2.92. The Morgan fingerprint density at radius 3 is 2.43 bits per heavy atom. The SMILES string of the molecule is O=C(NC1(CCl)CCCCC1)c1cc(F)c(F)c(O)c1F. The van der Waals surface area contributed by atoms with Crippen LogP contribution in [-0.4, -0.2) is 22.4 Å². The molecule has 0 bridgehead atoms. The lowest BCUT2D eigenvalue weighted by atomic mass is 9.83. The highest BCUT2D eigenvalue weighted by Crippen LogP contribution is 2.31. The van der Waals surface area contributed by atoms with Crippen LogP contribution in [0.25, 0.3) is 0 Å². The van der Waals surface area contributed by atoms with E-state index >= 15 is 0 Å². The molecule has 1 amide bonds. The summed E-state index contributed by atoms with van der Waals surface area (Å²) >= 11 is 5.90. The third-order valence-electron chi connectivity index (χ3n) is 3.82. The zero-order valence-corrected chi connectivity index (χ0v) is 11.9. The predicted octanol–water partition coefficient (Wildman–Crippen LogP) is 3.48. The number of phenolic OH excluding ortho intramolecular Hbond substituents is 1. The average molecular weight is 322 g/mol. The molecule has 0 saturated heterocycles. The molecular weight excluding hydrogens is 307 g/mol. The van der Waals surface area contributed by atoms with Gasteiger partial charge in [-0.3, -0.25) is 4.79 Å². The van der Waals surface area contributed by atoms with E-state index in [2.05, 4.69) is 5.32 Å². The van der Waals surface area contributed by atoms with E-state index in [1.807, 2.05) is 0 Å². The first-order valence-corrected chi connectivity index (χ1v) is 7.18. The first-order chi connectivity index (χ1) is 9.90. The van der Waals surface area contributed by atoms with E-state index in [1.54, 1.807) is 0 Å². The number of nitrogens with one attached hydrogen (secondary N) is 1. The summed E-state index contributed by atoms with van der Waals surface area (Å²) in [4.78, 5) is 12.1. The molecule has 0 radical (unpaired) electrons. The van der Waals surface area contributed by atoms with Crippen molar-refractivity contribution in [2.24, 2.45) is 0 Å². The van der Waals surface area contributed by atoms with Crippen molar-refractivity contribution in [2.75, 3.05) is 5.88 Å². The Kier molecular flexibility index (Phi) is 4.66. The molecule has 3 nitrogen and oxygen atoms in total. The van der Waals surface area contributed by atoms with Crippen LogP contribution < -0.4 is 5.32 Å². The van der Waals surface area contributed by atoms with Gasteiger partial charge in [0.25, 0.3) is 5.91 Å². The lowest BCUT2D eigenvalue weighted by Gasteiger charge is -2.36. The van der Waals surface area contributed by atoms with Gasteiger partial charge in [-0.15, -0.1) is 11.6 Å². The van der Waals surface area contributed by atoms with Crippen LogP contribution in [0, 0.1) is 17.5 Å². The minimum absolute atomic E-state index is 0.149. The van der Waals surface area contributed by atoms with Gasteiger partial charge in [-0.2, -0.15) is 4.39 Å². The van der Waals surface area contributed by atoms with Crippen molar-refractivity contribution >= 4 is 17.5 Å². The number of benzene rings is 1. The van der Waals surface area contributed by atoms with Crippen molar-refractivity contribution < 1.29 is 23.1 Å². The third kappa shape index (κ3) is 3.10.